The first-order valence-corrected chi connectivity index (χ1v) is 14.9. The lowest BCUT2D eigenvalue weighted by atomic mass is 9.95. The summed E-state index contributed by atoms with van der Waals surface area (Å²) in [6, 6.07) is 12.0. The minimum Gasteiger partial charge on any atom is -0.462 e. The summed E-state index contributed by atoms with van der Waals surface area (Å²) in [5, 5.41) is 6.75. The van der Waals surface area contributed by atoms with E-state index in [0.717, 1.165) is 41.0 Å². The Morgan fingerprint density at radius 1 is 1.05 bits per heavy atom. The molecule has 0 saturated heterocycles. The van der Waals surface area contributed by atoms with E-state index in [4.69, 9.17) is 27.9 Å². The third-order valence-corrected chi connectivity index (χ3v) is 9.21. The molecule has 1 atom stereocenters. The third-order valence-electron chi connectivity index (χ3n) is 6.10. The molecule has 2 aromatic carbocycles. The molecule has 38 heavy (non-hydrogen) atoms. The Hall–Kier alpha value is -2.52. The Kier molecular flexibility index (Phi) is 9.76. The SMILES string of the molecule is CCOC(=O)c1c(NC(=O)C(CC)Sc2cccc(NC(=O)c3ccc(Cl)cc3Cl)c2)sc2c1CCCC2. The molecule has 1 aliphatic carbocycles. The summed E-state index contributed by atoms with van der Waals surface area (Å²) in [5.41, 5.74) is 2.41. The second kappa shape index (κ2) is 13.0. The molecule has 0 bridgehead atoms. The molecule has 1 aliphatic rings. The van der Waals surface area contributed by atoms with Gasteiger partial charge in [-0.15, -0.1) is 23.1 Å². The number of carbonyl (C=O) groups is 3. The van der Waals surface area contributed by atoms with Gasteiger partial charge in [0.2, 0.25) is 5.91 Å². The van der Waals surface area contributed by atoms with E-state index in [2.05, 4.69) is 10.6 Å². The summed E-state index contributed by atoms with van der Waals surface area (Å²) in [7, 11) is 0. The van der Waals surface area contributed by atoms with Crippen LogP contribution in [0.5, 0.6) is 0 Å². The minimum atomic E-state index is -0.402. The zero-order valence-corrected chi connectivity index (χ0v) is 24.2. The number of anilines is 2. The molecule has 0 radical (unpaired) electrons. The molecular formula is C28H28Cl2N2O4S2. The molecule has 6 nitrogen and oxygen atoms in total. The molecule has 0 fully saturated rings. The monoisotopic (exact) mass is 590 g/mol. The molecule has 10 heteroatoms. The third kappa shape index (κ3) is 6.72. The van der Waals surface area contributed by atoms with Gasteiger partial charge in [-0.1, -0.05) is 36.2 Å². The lowest BCUT2D eigenvalue weighted by Crippen LogP contribution is -2.25. The summed E-state index contributed by atoms with van der Waals surface area (Å²) in [6.07, 6.45) is 4.41. The number of ether oxygens (including phenoxy) is 1. The number of rotatable bonds is 9. The van der Waals surface area contributed by atoms with Crippen molar-refractivity contribution in [3.05, 3.63) is 74.1 Å². The van der Waals surface area contributed by atoms with Crippen LogP contribution < -0.4 is 10.6 Å². The van der Waals surface area contributed by atoms with Crippen molar-refractivity contribution in [3.63, 3.8) is 0 Å². The van der Waals surface area contributed by atoms with Gasteiger partial charge in [-0.3, -0.25) is 9.59 Å². The highest BCUT2D eigenvalue weighted by Gasteiger charge is 2.29. The Balaban J connectivity index is 1.48. The van der Waals surface area contributed by atoms with Gasteiger partial charge in [0.25, 0.3) is 5.91 Å². The summed E-state index contributed by atoms with van der Waals surface area (Å²) < 4.78 is 5.31. The quantitative estimate of drug-likeness (QED) is 0.195. The molecule has 1 aromatic heterocycles. The van der Waals surface area contributed by atoms with Crippen molar-refractivity contribution in [3.8, 4) is 0 Å². The number of thioether (sulfide) groups is 1. The maximum atomic E-state index is 13.3. The minimum absolute atomic E-state index is 0.177. The van der Waals surface area contributed by atoms with Crippen molar-refractivity contribution in [2.45, 2.75) is 56.1 Å². The van der Waals surface area contributed by atoms with Crippen LogP contribution in [0.15, 0.2) is 47.4 Å². The van der Waals surface area contributed by atoms with Crippen molar-refractivity contribution in [1.82, 2.24) is 0 Å². The molecule has 2 amide bonds. The number of benzene rings is 2. The van der Waals surface area contributed by atoms with Crippen molar-refractivity contribution >= 4 is 74.8 Å². The van der Waals surface area contributed by atoms with E-state index < -0.39 is 5.25 Å². The van der Waals surface area contributed by atoms with Gasteiger partial charge in [0.05, 0.1) is 28.0 Å². The first kappa shape index (κ1) is 28.5. The summed E-state index contributed by atoms with van der Waals surface area (Å²) in [4.78, 5) is 40.8. The van der Waals surface area contributed by atoms with Crippen molar-refractivity contribution in [1.29, 1.82) is 0 Å². The average molecular weight is 592 g/mol. The number of amides is 2. The molecule has 2 N–H and O–H groups in total. The van der Waals surface area contributed by atoms with E-state index in [1.165, 1.54) is 29.2 Å². The molecular weight excluding hydrogens is 563 g/mol. The lowest BCUT2D eigenvalue weighted by molar-refractivity contribution is -0.115. The van der Waals surface area contributed by atoms with Crippen LogP contribution in [0.4, 0.5) is 10.7 Å². The number of hydrogen-bond donors (Lipinski definition) is 2. The van der Waals surface area contributed by atoms with Gasteiger partial charge in [0, 0.05) is 20.5 Å². The number of aryl methyl sites for hydroxylation is 1. The van der Waals surface area contributed by atoms with E-state index in [1.54, 1.807) is 25.1 Å². The predicted molar refractivity (Wildman–Crippen MR) is 156 cm³/mol. The van der Waals surface area contributed by atoms with Gasteiger partial charge < -0.3 is 15.4 Å². The highest BCUT2D eigenvalue weighted by Crippen LogP contribution is 2.39. The van der Waals surface area contributed by atoms with E-state index in [-0.39, 0.29) is 29.4 Å². The van der Waals surface area contributed by atoms with Crippen LogP contribution in [0.25, 0.3) is 0 Å². The molecule has 4 rings (SSSR count). The number of esters is 1. The normalized spacial score (nSPS) is 13.4. The van der Waals surface area contributed by atoms with E-state index in [1.807, 2.05) is 25.1 Å². The maximum absolute atomic E-state index is 13.3. The standard InChI is InChI=1S/C28H28Cl2N2O4S2/c1-3-22(26(34)32-27-24(28(35)36-4-2)20-10-5-6-11-23(20)38-27)37-18-9-7-8-17(15-18)31-25(33)19-13-12-16(29)14-21(19)30/h7-9,12-15,22H,3-6,10-11H2,1-2H3,(H,31,33)(H,32,34). The molecule has 0 spiro atoms. The fourth-order valence-corrected chi connectivity index (χ4v) is 7.06. The molecule has 1 heterocycles. The predicted octanol–water partition coefficient (Wildman–Crippen LogP) is 7.87. The van der Waals surface area contributed by atoms with Gasteiger partial charge in [0.1, 0.15) is 5.00 Å². The Morgan fingerprint density at radius 3 is 2.58 bits per heavy atom. The van der Waals surface area contributed by atoms with Crippen LogP contribution in [0.2, 0.25) is 10.0 Å². The van der Waals surface area contributed by atoms with Crippen molar-refractivity contribution in [2.75, 3.05) is 17.2 Å². The van der Waals surface area contributed by atoms with Crippen LogP contribution in [0, 0.1) is 0 Å². The fraction of sp³-hybridized carbons (Fsp3) is 0.321. The highest BCUT2D eigenvalue weighted by atomic mass is 35.5. The van der Waals surface area contributed by atoms with E-state index in [0.29, 0.717) is 33.3 Å². The second-order valence-corrected chi connectivity index (χ2v) is 12.0. The maximum Gasteiger partial charge on any atom is 0.341 e. The molecule has 200 valence electrons. The Bertz CT molecular complexity index is 1360. The van der Waals surface area contributed by atoms with Crippen molar-refractivity contribution in [2.24, 2.45) is 0 Å². The Morgan fingerprint density at radius 2 is 1.84 bits per heavy atom. The number of fused-ring (bicyclic) bond motifs is 1. The lowest BCUT2D eigenvalue weighted by Gasteiger charge is -2.16. The fourth-order valence-electron chi connectivity index (χ4n) is 4.27. The van der Waals surface area contributed by atoms with Gasteiger partial charge >= 0.3 is 5.97 Å². The van der Waals surface area contributed by atoms with Crippen LogP contribution in [0.1, 0.15) is 64.3 Å². The number of thiophene rings is 1. The summed E-state index contributed by atoms with van der Waals surface area (Å²) >= 11 is 15.0. The number of nitrogens with one attached hydrogen (secondary N) is 2. The Labute approximate surface area is 240 Å². The van der Waals surface area contributed by atoms with Gasteiger partial charge in [-0.2, -0.15) is 0 Å². The average Bonchev–Trinajstić information content (AvgIpc) is 3.25. The van der Waals surface area contributed by atoms with Crippen molar-refractivity contribution < 1.29 is 19.1 Å². The number of hydrogen-bond acceptors (Lipinski definition) is 6. The smallest absolute Gasteiger partial charge is 0.341 e. The van der Waals surface area contributed by atoms with Crippen LogP contribution in [-0.2, 0) is 22.4 Å². The van der Waals surface area contributed by atoms with Crippen LogP contribution >= 0.6 is 46.3 Å². The summed E-state index contributed by atoms with van der Waals surface area (Å²) in [6.45, 7) is 4.00. The molecule has 0 saturated carbocycles. The van der Waals surface area contributed by atoms with Crippen LogP contribution in [0.3, 0.4) is 0 Å². The van der Waals surface area contributed by atoms with Gasteiger partial charge in [0.15, 0.2) is 0 Å². The van der Waals surface area contributed by atoms with E-state index >= 15 is 0 Å². The topological polar surface area (TPSA) is 84.5 Å². The second-order valence-electron chi connectivity index (χ2n) is 8.75. The summed E-state index contributed by atoms with van der Waals surface area (Å²) in [5.74, 6) is -0.914. The van der Waals surface area contributed by atoms with E-state index in [9.17, 15) is 14.4 Å². The highest BCUT2D eigenvalue weighted by molar-refractivity contribution is 8.00. The van der Waals surface area contributed by atoms with Gasteiger partial charge in [-0.05, 0) is 81.0 Å². The first-order chi connectivity index (χ1) is 18.3. The first-order valence-electron chi connectivity index (χ1n) is 12.5. The zero-order chi connectivity index (χ0) is 27.2. The largest absolute Gasteiger partial charge is 0.462 e. The number of carbonyl (C=O) groups excluding carboxylic acids is 3. The number of halogens is 2. The van der Waals surface area contributed by atoms with Crippen LogP contribution in [-0.4, -0.2) is 29.6 Å². The van der Waals surface area contributed by atoms with Gasteiger partial charge in [-0.25, -0.2) is 4.79 Å². The molecule has 1 unspecified atom stereocenters. The molecule has 3 aromatic rings. The zero-order valence-electron chi connectivity index (χ0n) is 21.1. The molecule has 0 aliphatic heterocycles.